The van der Waals surface area contributed by atoms with Crippen molar-refractivity contribution < 1.29 is 14.3 Å². The summed E-state index contributed by atoms with van der Waals surface area (Å²) in [5.74, 6) is -0.256. The highest BCUT2D eigenvalue weighted by molar-refractivity contribution is 5.93. The third kappa shape index (κ3) is 3.77. The van der Waals surface area contributed by atoms with Crippen LogP contribution < -0.4 is 5.32 Å². The zero-order valence-electron chi connectivity index (χ0n) is 11.9. The lowest BCUT2D eigenvalue weighted by atomic mass is 10.0. The molecule has 0 saturated heterocycles. The van der Waals surface area contributed by atoms with E-state index < -0.39 is 17.9 Å². The van der Waals surface area contributed by atoms with Crippen molar-refractivity contribution in [3.63, 3.8) is 0 Å². The van der Waals surface area contributed by atoms with Crippen molar-refractivity contribution >= 4 is 11.9 Å². The fourth-order valence-electron chi connectivity index (χ4n) is 1.46. The Balaban J connectivity index is 2.79. The summed E-state index contributed by atoms with van der Waals surface area (Å²) in [6, 6.07) is -0.710. The molecule has 0 aliphatic carbocycles. The van der Waals surface area contributed by atoms with Crippen molar-refractivity contribution in [3.8, 4) is 0 Å². The second kappa shape index (κ2) is 6.31. The predicted octanol–water partition coefficient (Wildman–Crippen LogP) is 0.855. The topological polar surface area (TPSA) is 97.0 Å². The van der Waals surface area contributed by atoms with Gasteiger partial charge in [-0.3, -0.25) is 9.89 Å². The van der Waals surface area contributed by atoms with Gasteiger partial charge in [-0.1, -0.05) is 27.7 Å². The summed E-state index contributed by atoms with van der Waals surface area (Å²) < 4.78 is 4.65. The number of aromatic nitrogens is 3. The van der Waals surface area contributed by atoms with Gasteiger partial charge in [0.25, 0.3) is 5.91 Å². The first-order chi connectivity index (χ1) is 8.86. The molecular weight excluding hydrogens is 248 g/mol. The van der Waals surface area contributed by atoms with E-state index in [2.05, 4.69) is 25.2 Å². The number of carbonyl (C=O) groups excluding carboxylic acids is 2. The van der Waals surface area contributed by atoms with Gasteiger partial charge in [-0.25, -0.2) is 9.78 Å². The van der Waals surface area contributed by atoms with E-state index in [9.17, 15) is 9.59 Å². The molecule has 1 rings (SSSR count). The van der Waals surface area contributed by atoms with Crippen LogP contribution in [0.3, 0.4) is 0 Å². The van der Waals surface area contributed by atoms with Crippen LogP contribution in [-0.2, 0) is 9.53 Å². The zero-order valence-corrected chi connectivity index (χ0v) is 11.9. The standard InChI is InChI=1S/C12H20N4O3/c1-6(2)8(12(18)19-5)13-11(17)10-14-9(7(3)4)15-16-10/h6-8H,1-5H3,(H,13,17)(H,14,15,16). The summed E-state index contributed by atoms with van der Waals surface area (Å²) in [7, 11) is 1.29. The third-order valence-electron chi connectivity index (χ3n) is 2.66. The highest BCUT2D eigenvalue weighted by Crippen LogP contribution is 2.09. The Bertz CT molecular complexity index is 454. The average Bonchev–Trinajstić information content (AvgIpc) is 2.84. The molecule has 0 radical (unpaired) electrons. The fourth-order valence-corrected chi connectivity index (χ4v) is 1.46. The second-order valence-electron chi connectivity index (χ2n) is 4.92. The molecule has 0 spiro atoms. The fraction of sp³-hybridized carbons (Fsp3) is 0.667. The van der Waals surface area contributed by atoms with E-state index in [1.807, 2.05) is 27.7 Å². The van der Waals surface area contributed by atoms with Crippen LogP contribution in [0, 0.1) is 5.92 Å². The Labute approximate surface area is 112 Å². The highest BCUT2D eigenvalue weighted by atomic mass is 16.5. The van der Waals surface area contributed by atoms with E-state index in [4.69, 9.17) is 0 Å². The van der Waals surface area contributed by atoms with Gasteiger partial charge in [0.2, 0.25) is 5.82 Å². The molecule has 0 aliphatic rings. The molecule has 7 heteroatoms. The highest BCUT2D eigenvalue weighted by Gasteiger charge is 2.26. The molecule has 0 aromatic carbocycles. The van der Waals surface area contributed by atoms with Crippen LogP contribution >= 0.6 is 0 Å². The van der Waals surface area contributed by atoms with Crippen molar-refractivity contribution in [1.29, 1.82) is 0 Å². The van der Waals surface area contributed by atoms with Crippen LogP contribution in [0.25, 0.3) is 0 Å². The molecule has 2 N–H and O–H groups in total. The Morgan fingerprint density at radius 2 is 1.89 bits per heavy atom. The Hall–Kier alpha value is -1.92. The van der Waals surface area contributed by atoms with Crippen molar-refractivity contribution in [2.24, 2.45) is 5.92 Å². The lowest BCUT2D eigenvalue weighted by molar-refractivity contribution is -0.144. The van der Waals surface area contributed by atoms with E-state index in [1.165, 1.54) is 7.11 Å². The maximum absolute atomic E-state index is 12.0. The Kier molecular flexibility index (Phi) is 5.02. The molecule has 0 aliphatic heterocycles. The number of nitrogens with one attached hydrogen (secondary N) is 2. The number of ether oxygens (including phenoxy) is 1. The molecule has 1 aromatic rings. The lowest BCUT2D eigenvalue weighted by Gasteiger charge is -2.18. The predicted molar refractivity (Wildman–Crippen MR) is 68.6 cm³/mol. The molecule has 1 amide bonds. The van der Waals surface area contributed by atoms with Gasteiger partial charge in [0, 0.05) is 5.92 Å². The van der Waals surface area contributed by atoms with Gasteiger partial charge in [-0.15, -0.1) is 5.10 Å². The average molecular weight is 268 g/mol. The number of esters is 1. The second-order valence-corrected chi connectivity index (χ2v) is 4.92. The quantitative estimate of drug-likeness (QED) is 0.772. The molecule has 1 aromatic heterocycles. The minimum absolute atomic E-state index is 0.0262. The van der Waals surface area contributed by atoms with Crippen molar-refractivity contribution in [1.82, 2.24) is 20.5 Å². The molecular formula is C12H20N4O3. The molecule has 1 atom stereocenters. The normalized spacial score (nSPS) is 12.6. The minimum Gasteiger partial charge on any atom is -0.467 e. The minimum atomic E-state index is -0.710. The molecule has 106 valence electrons. The first-order valence-electron chi connectivity index (χ1n) is 6.17. The monoisotopic (exact) mass is 268 g/mol. The zero-order chi connectivity index (χ0) is 14.6. The molecule has 0 bridgehead atoms. The first kappa shape index (κ1) is 15.1. The SMILES string of the molecule is COC(=O)C(NC(=O)c1n[nH]c(C(C)C)n1)C(C)C. The maximum Gasteiger partial charge on any atom is 0.328 e. The molecule has 1 unspecified atom stereocenters. The van der Waals surface area contributed by atoms with E-state index in [1.54, 1.807) is 0 Å². The number of aromatic amines is 1. The van der Waals surface area contributed by atoms with Gasteiger partial charge < -0.3 is 10.1 Å². The van der Waals surface area contributed by atoms with Crippen molar-refractivity contribution in [2.75, 3.05) is 7.11 Å². The number of amides is 1. The van der Waals surface area contributed by atoms with Crippen molar-refractivity contribution in [2.45, 2.75) is 39.7 Å². The molecule has 19 heavy (non-hydrogen) atoms. The lowest BCUT2D eigenvalue weighted by Crippen LogP contribution is -2.45. The summed E-state index contributed by atoms with van der Waals surface area (Å²) in [5, 5.41) is 9.11. The molecule has 0 saturated carbocycles. The van der Waals surface area contributed by atoms with Crippen LogP contribution in [0.4, 0.5) is 0 Å². The summed E-state index contributed by atoms with van der Waals surface area (Å²) in [6.45, 7) is 7.51. The van der Waals surface area contributed by atoms with E-state index in [-0.39, 0.29) is 17.7 Å². The smallest absolute Gasteiger partial charge is 0.328 e. The number of rotatable bonds is 5. The number of hydrogen-bond donors (Lipinski definition) is 2. The van der Waals surface area contributed by atoms with Crippen molar-refractivity contribution in [3.05, 3.63) is 11.6 Å². The summed E-state index contributed by atoms with van der Waals surface area (Å²) in [6.07, 6.45) is 0. The third-order valence-corrected chi connectivity index (χ3v) is 2.66. The number of nitrogens with zero attached hydrogens (tertiary/aromatic N) is 2. The largest absolute Gasteiger partial charge is 0.467 e. The maximum atomic E-state index is 12.0. The molecule has 0 fully saturated rings. The van der Waals surface area contributed by atoms with E-state index in [0.717, 1.165) is 0 Å². The number of hydrogen-bond acceptors (Lipinski definition) is 5. The van der Waals surface area contributed by atoms with E-state index in [0.29, 0.717) is 5.82 Å². The van der Waals surface area contributed by atoms with Gasteiger partial charge in [0.15, 0.2) is 0 Å². The van der Waals surface area contributed by atoms with Gasteiger partial charge >= 0.3 is 5.97 Å². The van der Waals surface area contributed by atoms with Crippen LogP contribution in [0.5, 0.6) is 0 Å². The van der Waals surface area contributed by atoms with Crippen LogP contribution in [0.2, 0.25) is 0 Å². The van der Waals surface area contributed by atoms with Crippen LogP contribution in [0.15, 0.2) is 0 Å². The van der Waals surface area contributed by atoms with Gasteiger partial charge in [0.1, 0.15) is 11.9 Å². The first-order valence-corrected chi connectivity index (χ1v) is 6.17. The summed E-state index contributed by atoms with van der Waals surface area (Å²) in [4.78, 5) is 27.6. The van der Waals surface area contributed by atoms with E-state index >= 15 is 0 Å². The van der Waals surface area contributed by atoms with Gasteiger partial charge in [-0.05, 0) is 5.92 Å². The van der Waals surface area contributed by atoms with Crippen LogP contribution in [-0.4, -0.2) is 40.2 Å². The summed E-state index contributed by atoms with van der Waals surface area (Å²) >= 11 is 0. The molecule has 1 heterocycles. The molecule has 7 nitrogen and oxygen atoms in total. The van der Waals surface area contributed by atoms with Crippen LogP contribution in [0.1, 0.15) is 50.1 Å². The number of H-pyrrole nitrogens is 1. The Morgan fingerprint density at radius 1 is 1.26 bits per heavy atom. The van der Waals surface area contributed by atoms with Gasteiger partial charge in [-0.2, -0.15) is 0 Å². The Morgan fingerprint density at radius 3 is 2.32 bits per heavy atom. The number of methoxy groups -OCH3 is 1. The summed E-state index contributed by atoms with van der Waals surface area (Å²) in [5.41, 5.74) is 0. The van der Waals surface area contributed by atoms with Gasteiger partial charge in [0.05, 0.1) is 7.11 Å². The number of carbonyl (C=O) groups is 2.